The number of imidazole rings is 2. The predicted octanol–water partition coefficient (Wildman–Crippen LogP) is 7.90. The second-order valence-electron chi connectivity index (χ2n) is 13.2. The van der Waals surface area contributed by atoms with Crippen LogP contribution in [0.1, 0.15) is 11.1 Å². The van der Waals surface area contributed by atoms with Gasteiger partial charge in [-0.05, 0) is 59.7 Å². The Kier molecular flexibility index (Phi) is 14.7. The molecule has 5 N–H and O–H groups in total. The number of alkyl halides is 1. The van der Waals surface area contributed by atoms with Crippen LogP contribution in [0.2, 0.25) is 0 Å². The van der Waals surface area contributed by atoms with Crippen LogP contribution in [0.4, 0.5) is 5.95 Å². The van der Waals surface area contributed by atoms with Gasteiger partial charge >= 0.3 is 0 Å². The molecule has 8 rings (SSSR count). The molecule has 0 aliphatic heterocycles. The number of aliphatic hydroxyl groups is 2. The lowest BCUT2D eigenvalue weighted by molar-refractivity contribution is 0.0921. The molecule has 0 radical (unpaired) electrons. The van der Waals surface area contributed by atoms with Crippen LogP contribution in [0.25, 0.3) is 22.1 Å². The Balaban J connectivity index is 0.000000160. The van der Waals surface area contributed by atoms with Gasteiger partial charge in [-0.2, -0.15) is 0 Å². The normalized spacial score (nSPS) is 11.8. The number of anilines is 1. The molecule has 292 valence electrons. The summed E-state index contributed by atoms with van der Waals surface area (Å²) in [5.74, 6) is 2.08. The van der Waals surface area contributed by atoms with Crippen LogP contribution in [0.15, 0.2) is 170 Å². The third-order valence-electron chi connectivity index (χ3n) is 8.97. The summed E-state index contributed by atoms with van der Waals surface area (Å²) in [4.78, 5) is 4.35. The maximum atomic E-state index is 10.5. The predicted molar refractivity (Wildman–Crippen MR) is 231 cm³/mol. The van der Waals surface area contributed by atoms with Crippen molar-refractivity contribution in [2.24, 2.45) is 0 Å². The van der Waals surface area contributed by atoms with Gasteiger partial charge < -0.3 is 39.1 Å². The molecule has 6 aromatic carbocycles. The number of fused-ring (bicyclic) bond motifs is 2. The van der Waals surface area contributed by atoms with Gasteiger partial charge in [0.1, 0.15) is 30.8 Å². The minimum atomic E-state index is -0.717. The van der Waals surface area contributed by atoms with Gasteiger partial charge in [0.15, 0.2) is 0 Å². The molecular formula is C46H47BrN6O4. The minimum absolute atomic E-state index is 0.175. The van der Waals surface area contributed by atoms with Crippen molar-refractivity contribution in [3.8, 4) is 11.5 Å². The number of aliphatic hydroxyl groups excluding tert-OH is 2. The third kappa shape index (κ3) is 11.5. The van der Waals surface area contributed by atoms with Crippen molar-refractivity contribution in [3.63, 3.8) is 0 Å². The molecule has 0 fully saturated rings. The third-order valence-corrected chi connectivity index (χ3v) is 9.72. The Morgan fingerprint density at radius 1 is 0.544 bits per heavy atom. The number of hydrogen-bond acceptors (Lipinski definition) is 7. The van der Waals surface area contributed by atoms with Gasteiger partial charge in [-0.25, -0.2) is 4.98 Å². The largest absolute Gasteiger partial charge is 0.491 e. The van der Waals surface area contributed by atoms with E-state index in [0.29, 0.717) is 36.6 Å². The molecular weight excluding hydrogens is 780 g/mol. The van der Waals surface area contributed by atoms with Crippen molar-refractivity contribution < 1.29 is 19.7 Å². The Labute approximate surface area is 340 Å². The molecule has 0 saturated carbocycles. The number of ether oxygens (including phenoxy) is 2. The number of benzene rings is 6. The van der Waals surface area contributed by atoms with Crippen LogP contribution < -0.4 is 20.8 Å². The van der Waals surface area contributed by atoms with Crippen LogP contribution >= 0.6 is 15.9 Å². The zero-order valence-electron chi connectivity index (χ0n) is 31.5. The lowest BCUT2D eigenvalue weighted by Crippen LogP contribution is -2.31. The molecule has 2 atom stereocenters. The fourth-order valence-corrected chi connectivity index (χ4v) is 6.34. The van der Waals surface area contributed by atoms with Gasteiger partial charge in [0.05, 0.1) is 47.8 Å². The SMILES string of the molecule is N=c1n(Cc2ccccc2)c2ccccc2n1CC(O)COc1ccccc1.Nc1nc2ccccc2n1Cc1ccccc1.OC(CBr)COc1ccccc1. The first kappa shape index (κ1) is 40.5. The maximum absolute atomic E-state index is 10.5. The first-order chi connectivity index (χ1) is 27.9. The second-order valence-corrected chi connectivity index (χ2v) is 13.9. The monoisotopic (exact) mass is 826 g/mol. The fraction of sp³-hybridized carbons (Fsp3) is 0.174. The van der Waals surface area contributed by atoms with Crippen LogP contribution in [0.3, 0.4) is 0 Å². The molecule has 0 amide bonds. The van der Waals surface area contributed by atoms with Gasteiger partial charge in [0.25, 0.3) is 0 Å². The van der Waals surface area contributed by atoms with Gasteiger partial charge in [-0.15, -0.1) is 0 Å². The Morgan fingerprint density at radius 2 is 0.965 bits per heavy atom. The van der Waals surface area contributed by atoms with Crippen LogP contribution in [0.5, 0.6) is 11.5 Å². The zero-order valence-corrected chi connectivity index (χ0v) is 33.1. The summed E-state index contributed by atoms with van der Waals surface area (Å²) in [6.45, 7) is 2.18. The van der Waals surface area contributed by atoms with Crippen molar-refractivity contribution in [2.45, 2.75) is 31.8 Å². The molecule has 10 nitrogen and oxygen atoms in total. The number of para-hydroxylation sites is 6. The van der Waals surface area contributed by atoms with Crippen molar-refractivity contribution in [1.82, 2.24) is 18.7 Å². The van der Waals surface area contributed by atoms with E-state index in [0.717, 1.165) is 45.7 Å². The lowest BCUT2D eigenvalue weighted by Gasteiger charge is -2.13. The molecule has 8 aromatic rings. The number of hydrogen-bond donors (Lipinski definition) is 4. The van der Waals surface area contributed by atoms with E-state index in [2.05, 4.69) is 45.2 Å². The molecule has 0 saturated heterocycles. The van der Waals surface area contributed by atoms with Gasteiger partial charge in [-0.3, -0.25) is 5.41 Å². The lowest BCUT2D eigenvalue weighted by atomic mass is 10.2. The maximum Gasteiger partial charge on any atom is 0.203 e. The van der Waals surface area contributed by atoms with E-state index in [9.17, 15) is 5.11 Å². The van der Waals surface area contributed by atoms with E-state index >= 15 is 0 Å². The number of nitrogen functional groups attached to an aromatic ring is 1. The number of halogens is 1. The van der Waals surface area contributed by atoms with E-state index < -0.39 is 12.2 Å². The summed E-state index contributed by atoms with van der Waals surface area (Å²) in [5.41, 5.74) is 12.6. The highest BCUT2D eigenvalue weighted by molar-refractivity contribution is 9.09. The first-order valence-electron chi connectivity index (χ1n) is 18.7. The summed E-state index contributed by atoms with van der Waals surface area (Å²) in [6.07, 6.45) is -1.16. The molecule has 0 aliphatic rings. The Bertz CT molecular complexity index is 2460. The number of nitrogens with two attached hydrogens (primary N) is 1. The summed E-state index contributed by atoms with van der Waals surface area (Å²) in [5, 5.41) is 28.9. The number of nitrogens with one attached hydrogen (secondary N) is 1. The van der Waals surface area contributed by atoms with E-state index in [1.165, 1.54) is 5.56 Å². The standard InChI is InChI=1S/C23H23N3O2.C14H13N3.C9H11BrO2/c24-23-25(15-18-9-3-1-4-10-18)21-13-7-8-14-22(21)26(23)16-19(27)17-28-20-11-5-2-6-12-20;15-14-16-12-8-4-5-9-13(12)17(14)10-11-6-2-1-3-7-11;10-6-8(11)7-12-9-4-2-1-3-5-9/h1-14,19,24,27H,15-17H2;1-9H,10H2,(H2,15,16);1-5,8,11H,6-7H2. The zero-order chi connectivity index (χ0) is 39.8. The highest BCUT2D eigenvalue weighted by Crippen LogP contribution is 2.19. The fourth-order valence-electron chi connectivity index (χ4n) is 6.16. The first-order valence-corrected chi connectivity index (χ1v) is 19.8. The minimum Gasteiger partial charge on any atom is -0.491 e. The van der Waals surface area contributed by atoms with Gasteiger partial charge in [-0.1, -0.05) is 137 Å². The van der Waals surface area contributed by atoms with Gasteiger partial charge in [0, 0.05) is 5.33 Å². The average molecular weight is 828 g/mol. The number of nitrogens with zero attached hydrogens (tertiary/aromatic N) is 4. The molecule has 2 heterocycles. The smallest absolute Gasteiger partial charge is 0.203 e. The molecule has 11 heteroatoms. The summed E-state index contributed by atoms with van der Waals surface area (Å²) in [7, 11) is 0. The van der Waals surface area contributed by atoms with Crippen molar-refractivity contribution >= 4 is 43.9 Å². The highest BCUT2D eigenvalue weighted by Gasteiger charge is 2.15. The topological polar surface area (TPSA) is 136 Å². The van der Waals surface area contributed by atoms with Crippen molar-refractivity contribution in [2.75, 3.05) is 24.3 Å². The summed E-state index contributed by atoms with van der Waals surface area (Å²) in [6, 6.07) is 55.2. The Hall–Kier alpha value is -6.14. The van der Waals surface area contributed by atoms with Crippen LogP contribution in [0, 0.1) is 5.41 Å². The van der Waals surface area contributed by atoms with Gasteiger partial charge in [0.2, 0.25) is 11.6 Å². The van der Waals surface area contributed by atoms with E-state index in [1.807, 2.05) is 159 Å². The molecule has 2 unspecified atom stereocenters. The highest BCUT2D eigenvalue weighted by atomic mass is 79.9. The molecule has 57 heavy (non-hydrogen) atoms. The molecule has 0 spiro atoms. The molecule has 2 aromatic heterocycles. The van der Waals surface area contributed by atoms with E-state index in [1.54, 1.807) is 0 Å². The van der Waals surface area contributed by atoms with Crippen molar-refractivity contribution in [3.05, 3.63) is 187 Å². The quantitative estimate of drug-likeness (QED) is 0.0874. The number of aromatic nitrogens is 4. The van der Waals surface area contributed by atoms with Crippen LogP contribution in [-0.2, 0) is 19.6 Å². The Morgan fingerprint density at radius 3 is 1.49 bits per heavy atom. The average Bonchev–Trinajstić information content (AvgIpc) is 3.72. The van der Waals surface area contributed by atoms with E-state index in [4.69, 9.17) is 25.7 Å². The molecule has 0 bridgehead atoms. The summed E-state index contributed by atoms with van der Waals surface area (Å²) >= 11 is 3.16. The van der Waals surface area contributed by atoms with E-state index in [-0.39, 0.29) is 6.61 Å². The summed E-state index contributed by atoms with van der Waals surface area (Å²) < 4.78 is 16.8. The molecule has 0 aliphatic carbocycles. The number of rotatable bonds is 13. The van der Waals surface area contributed by atoms with Crippen LogP contribution in [-0.4, -0.2) is 59.7 Å². The second kappa shape index (κ2) is 20.7. The van der Waals surface area contributed by atoms with Crippen molar-refractivity contribution in [1.29, 1.82) is 5.41 Å².